The highest BCUT2D eigenvalue weighted by atomic mass is 16.5. The van der Waals surface area contributed by atoms with Crippen molar-refractivity contribution in [3.63, 3.8) is 0 Å². The number of amides is 1. The summed E-state index contributed by atoms with van der Waals surface area (Å²) in [6, 6.07) is 16.4. The van der Waals surface area contributed by atoms with Crippen molar-refractivity contribution in [2.45, 2.75) is 6.92 Å². The average Bonchev–Trinajstić information content (AvgIpc) is 2.73. The fourth-order valence-electron chi connectivity index (χ4n) is 2.54. The molecule has 0 unspecified atom stereocenters. The molecule has 144 valence electrons. The van der Waals surface area contributed by atoms with E-state index in [1.165, 1.54) is 0 Å². The second-order valence-corrected chi connectivity index (χ2v) is 6.03. The zero-order valence-electron chi connectivity index (χ0n) is 15.9. The number of rotatable bonds is 7. The normalized spacial score (nSPS) is 10.2. The van der Waals surface area contributed by atoms with E-state index in [2.05, 4.69) is 15.5 Å². The Morgan fingerprint density at radius 2 is 1.71 bits per heavy atom. The van der Waals surface area contributed by atoms with E-state index in [-0.39, 0.29) is 12.5 Å². The van der Waals surface area contributed by atoms with Crippen molar-refractivity contribution in [1.29, 1.82) is 0 Å². The molecule has 28 heavy (non-hydrogen) atoms. The molecule has 3 rings (SSSR count). The summed E-state index contributed by atoms with van der Waals surface area (Å²) in [6.07, 6.45) is 0. The van der Waals surface area contributed by atoms with Gasteiger partial charge in [0.25, 0.3) is 5.91 Å². The Hall–Kier alpha value is -3.61. The van der Waals surface area contributed by atoms with Crippen molar-refractivity contribution in [2.75, 3.05) is 26.1 Å². The second-order valence-electron chi connectivity index (χ2n) is 6.03. The molecule has 0 aliphatic rings. The molecule has 0 bridgehead atoms. The van der Waals surface area contributed by atoms with Crippen LogP contribution in [-0.2, 0) is 4.79 Å². The first-order valence-corrected chi connectivity index (χ1v) is 8.64. The predicted molar refractivity (Wildman–Crippen MR) is 106 cm³/mol. The molecule has 7 heteroatoms. The molecule has 3 aromatic rings. The van der Waals surface area contributed by atoms with E-state index in [1.54, 1.807) is 38.5 Å². The van der Waals surface area contributed by atoms with Crippen LogP contribution >= 0.6 is 0 Å². The van der Waals surface area contributed by atoms with Crippen LogP contribution in [0.4, 0.5) is 5.69 Å². The molecule has 0 fully saturated rings. The average molecular weight is 379 g/mol. The Morgan fingerprint density at radius 3 is 2.36 bits per heavy atom. The quantitative estimate of drug-likeness (QED) is 0.677. The van der Waals surface area contributed by atoms with Crippen LogP contribution in [-0.4, -0.2) is 36.9 Å². The van der Waals surface area contributed by atoms with Gasteiger partial charge in [0.1, 0.15) is 0 Å². The Kier molecular flexibility index (Phi) is 6.06. The molecule has 7 nitrogen and oxygen atoms in total. The van der Waals surface area contributed by atoms with Crippen LogP contribution in [0, 0.1) is 6.92 Å². The minimum Gasteiger partial charge on any atom is -0.493 e. The van der Waals surface area contributed by atoms with Crippen LogP contribution in [0.15, 0.2) is 54.6 Å². The third kappa shape index (κ3) is 4.76. The van der Waals surface area contributed by atoms with E-state index in [0.29, 0.717) is 28.8 Å². The van der Waals surface area contributed by atoms with Crippen molar-refractivity contribution in [1.82, 2.24) is 10.2 Å². The first kappa shape index (κ1) is 19.2. The van der Waals surface area contributed by atoms with Gasteiger partial charge in [0.2, 0.25) is 5.88 Å². The summed E-state index contributed by atoms with van der Waals surface area (Å²) in [4.78, 5) is 12.2. The first-order chi connectivity index (χ1) is 13.6. The van der Waals surface area contributed by atoms with Crippen molar-refractivity contribution >= 4 is 11.6 Å². The Balaban J connectivity index is 1.58. The number of nitrogens with zero attached hydrogens (tertiary/aromatic N) is 2. The summed E-state index contributed by atoms with van der Waals surface area (Å²) in [6.45, 7) is 1.84. The highest BCUT2D eigenvalue weighted by Crippen LogP contribution is 2.27. The number of aryl methyl sites for hydroxylation is 1. The molecule has 0 saturated heterocycles. The fraction of sp³-hybridized carbons (Fsp3) is 0.190. The van der Waals surface area contributed by atoms with E-state index in [0.717, 1.165) is 11.1 Å². The van der Waals surface area contributed by atoms with Gasteiger partial charge in [-0.05, 0) is 42.8 Å². The van der Waals surface area contributed by atoms with E-state index in [4.69, 9.17) is 14.2 Å². The Morgan fingerprint density at radius 1 is 0.929 bits per heavy atom. The van der Waals surface area contributed by atoms with E-state index < -0.39 is 0 Å². The maximum atomic E-state index is 12.2. The summed E-state index contributed by atoms with van der Waals surface area (Å²) in [5.74, 6) is 1.31. The first-order valence-electron chi connectivity index (χ1n) is 8.64. The Bertz CT molecular complexity index is 941. The molecule has 1 N–H and O–H groups in total. The van der Waals surface area contributed by atoms with Gasteiger partial charge < -0.3 is 19.5 Å². The van der Waals surface area contributed by atoms with E-state index in [1.807, 2.05) is 37.3 Å². The molecule has 0 saturated carbocycles. The topological polar surface area (TPSA) is 82.6 Å². The molecular weight excluding hydrogens is 358 g/mol. The van der Waals surface area contributed by atoms with Gasteiger partial charge in [-0.3, -0.25) is 4.79 Å². The van der Waals surface area contributed by atoms with Crippen LogP contribution < -0.4 is 19.5 Å². The molecule has 0 radical (unpaired) electrons. The molecule has 0 atom stereocenters. The standard InChI is InChI=1S/C21H21N3O4/c1-14-4-10-18(19(12-14)26-2)28-13-20(25)22-16-7-5-15(6-8-16)17-9-11-21(27-3)24-23-17/h4-12H,13H2,1-3H3,(H,22,25). The highest BCUT2D eigenvalue weighted by molar-refractivity contribution is 5.92. The van der Waals surface area contributed by atoms with Crippen LogP contribution in [0.1, 0.15) is 5.56 Å². The SMILES string of the molecule is COc1ccc(-c2ccc(NC(=O)COc3ccc(C)cc3OC)cc2)nn1. The van der Waals surface area contributed by atoms with Gasteiger partial charge in [-0.25, -0.2) is 0 Å². The lowest BCUT2D eigenvalue weighted by molar-refractivity contribution is -0.118. The van der Waals surface area contributed by atoms with Gasteiger partial charge in [-0.2, -0.15) is 0 Å². The fourth-order valence-corrected chi connectivity index (χ4v) is 2.54. The molecular formula is C21H21N3O4. The largest absolute Gasteiger partial charge is 0.493 e. The van der Waals surface area contributed by atoms with Gasteiger partial charge in [-0.15, -0.1) is 10.2 Å². The third-order valence-electron chi connectivity index (χ3n) is 3.99. The number of hydrogen-bond donors (Lipinski definition) is 1. The second kappa shape index (κ2) is 8.85. The van der Waals surface area contributed by atoms with Gasteiger partial charge in [-0.1, -0.05) is 18.2 Å². The number of aromatic nitrogens is 2. The van der Waals surface area contributed by atoms with E-state index in [9.17, 15) is 4.79 Å². The van der Waals surface area contributed by atoms with Crippen LogP contribution in [0.25, 0.3) is 11.3 Å². The van der Waals surface area contributed by atoms with Crippen LogP contribution in [0.2, 0.25) is 0 Å². The minimum atomic E-state index is -0.264. The number of anilines is 1. The summed E-state index contributed by atoms with van der Waals surface area (Å²) >= 11 is 0. The number of benzene rings is 2. The smallest absolute Gasteiger partial charge is 0.262 e. The molecule has 0 aliphatic carbocycles. The number of carbonyl (C=O) groups excluding carboxylic acids is 1. The number of hydrogen-bond acceptors (Lipinski definition) is 6. The minimum absolute atomic E-state index is 0.120. The van der Waals surface area contributed by atoms with Gasteiger partial charge >= 0.3 is 0 Å². The summed E-state index contributed by atoms with van der Waals surface area (Å²) < 4.78 is 15.8. The van der Waals surface area contributed by atoms with Crippen molar-refractivity contribution < 1.29 is 19.0 Å². The van der Waals surface area contributed by atoms with Crippen molar-refractivity contribution in [2.24, 2.45) is 0 Å². The lowest BCUT2D eigenvalue weighted by Crippen LogP contribution is -2.20. The number of ether oxygens (including phenoxy) is 3. The lowest BCUT2D eigenvalue weighted by atomic mass is 10.1. The van der Waals surface area contributed by atoms with Gasteiger partial charge in [0.15, 0.2) is 18.1 Å². The predicted octanol–water partition coefficient (Wildman–Crippen LogP) is 3.49. The summed E-state index contributed by atoms with van der Waals surface area (Å²) in [7, 11) is 3.11. The van der Waals surface area contributed by atoms with E-state index >= 15 is 0 Å². The third-order valence-corrected chi connectivity index (χ3v) is 3.99. The maximum absolute atomic E-state index is 12.2. The van der Waals surface area contributed by atoms with Crippen molar-refractivity contribution in [3.8, 4) is 28.6 Å². The molecule has 0 aliphatic heterocycles. The van der Waals surface area contributed by atoms with Crippen LogP contribution in [0.5, 0.6) is 17.4 Å². The molecule has 1 aromatic heterocycles. The van der Waals surface area contributed by atoms with Gasteiger partial charge in [0, 0.05) is 17.3 Å². The summed E-state index contributed by atoms with van der Waals surface area (Å²) in [5.41, 5.74) is 3.31. The molecule has 1 heterocycles. The van der Waals surface area contributed by atoms with Crippen molar-refractivity contribution in [3.05, 3.63) is 60.2 Å². The van der Waals surface area contributed by atoms with Gasteiger partial charge in [0.05, 0.1) is 19.9 Å². The number of carbonyl (C=O) groups is 1. The Labute approximate surface area is 163 Å². The number of nitrogens with one attached hydrogen (secondary N) is 1. The monoisotopic (exact) mass is 379 g/mol. The zero-order valence-corrected chi connectivity index (χ0v) is 15.9. The molecule has 1 amide bonds. The highest BCUT2D eigenvalue weighted by Gasteiger charge is 2.09. The molecule has 2 aromatic carbocycles. The number of methoxy groups -OCH3 is 2. The van der Waals surface area contributed by atoms with Crippen LogP contribution in [0.3, 0.4) is 0 Å². The molecule has 0 spiro atoms. The summed E-state index contributed by atoms with van der Waals surface area (Å²) in [5, 5.41) is 10.8. The maximum Gasteiger partial charge on any atom is 0.262 e. The lowest BCUT2D eigenvalue weighted by Gasteiger charge is -2.11. The zero-order chi connectivity index (χ0) is 19.9.